The van der Waals surface area contributed by atoms with Gasteiger partial charge in [0.15, 0.2) is 5.82 Å². The second-order valence-corrected chi connectivity index (χ2v) is 11.9. The minimum Gasteiger partial charge on any atom is -0.351 e. The molecule has 12 heteroatoms. The van der Waals surface area contributed by atoms with Crippen LogP contribution in [-0.4, -0.2) is 80.3 Å². The molecule has 0 atom stereocenters. The number of carbonyl (C=O) groups excluding carboxylic acids is 1. The van der Waals surface area contributed by atoms with E-state index in [9.17, 15) is 18.0 Å². The molecule has 2 aromatic rings. The van der Waals surface area contributed by atoms with Crippen molar-refractivity contribution < 1.29 is 22.5 Å². The van der Waals surface area contributed by atoms with Crippen molar-refractivity contribution in [2.24, 2.45) is 10.8 Å². The van der Waals surface area contributed by atoms with Crippen LogP contribution in [0.25, 0.3) is 0 Å². The molecule has 2 amide bonds. The normalized spacial score (nSPS) is 25.6. The Morgan fingerprint density at radius 1 is 1.06 bits per heavy atom. The minimum absolute atomic E-state index is 0.142. The molecule has 5 fully saturated rings. The summed E-state index contributed by atoms with van der Waals surface area (Å²) < 4.78 is 42.6. The summed E-state index contributed by atoms with van der Waals surface area (Å²) in [6, 6.07) is 1.13. The number of piperidine rings is 1. The third-order valence-electron chi connectivity index (χ3n) is 8.99. The van der Waals surface area contributed by atoms with Gasteiger partial charge < -0.3 is 14.3 Å². The molecule has 7 rings (SSSR count). The Morgan fingerprint density at radius 3 is 2.33 bits per heavy atom. The van der Waals surface area contributed by atoms with Gasteiger partial charge in [-0.3, -0.25) is 10.00 Å². The number of aromatic amines is 1. The number of likely N-dealkylation sites (tertiary alicyclic amines) is 3. The largest absolute Gasteiger partial charge is 0.452 e. The van der Waals surface area contributed by atoms with Gasteiger partial charge in [0.25, 0.3) is 0 Å². The molecular formula is C24H30F3N7O2. The van der Waals surface area contributed by atoms with Gasteiger partial charge >= 0.3 is 12.2 Å². The highest BCUT2D eigenvalue weighted by Crippen LogP contribution is 2.56. The standard InChI is InChI=1S/C24H30F3N7O2/c25-24(26,27)18-7-17(31-36-18)10-32-5-3-22(4-6-32)11-33(12-22)21(35)34-13-23(14-34)8-16(9-23)20-28-19(29-30-20)15-1-2-15/h7,15-16H,1-6,8-14H2,(H,28,29,30). The highest BCUT2D eigenvalue weighted by molar-refractivity contribution is 5.76. The topological polar surface area (TPSA) is 94.4 Å². The van der Waals surface area contributed by atoms with Crippen LogP contribution in [0, 0.1) is 10.8 Å². The first-order valence-electron chi connectivity index (χ1n) is 12.9. The lowest BCUT2D eigenvalue weighted by atomic mass is 9.57. The SMILES string of the molecule is O=C(N1CC2(CCN(Cc3cc(C(F)(F)F)on3)CC2)C1)N1CC2(CC(c3nc(C4CC4)n[nH]3)C2)C1. The number of nitrogens with zero attached hydrogens (tertiary/aromatic N) is 6. The third-order valence-corrected chi connectivity index (χ3v) is 8.99. The van der Waals surface area contributed by atoms with Gasteiger partial charge in [-0.05, 0) is 51.6 Å². The van der Waals surface area contributed by atoms with Crippen molar-refractivity contribution >= 4 is 6.03 Å². The summed E-state index contributed by atoms with van der Waals surface area (Å²) in [5, 5.41) is 11.1. The van der Waals surface area contributed by atoms with Crippen LogP contribution in [0.4, 0.5) is 18.0 Å². The van der Waals surface area contributed by atoms with Gasteiger partial charge in [-0.15, -0.1) is 0 Å². The number of aromatic nitrogens is 4. The molecule has 2 aromatic heterocycles. The number of hydrogen-bond acceptors (Lipinski definition) is 6. The van der Waals surface area contributed by atoms with Gasteiger partial charge in [-0.1, -0.05) is 5.16 Å². The van der Waals surface area contributed by atoms with Crippen LogP contribution in [0.2, 0.25) is 0 Å². The summed E-state index contributed by atoms with van der Waals surface area (Å²) >= 11 is 0. The van der Waals surface area contributed by atoms with Gasteiger partial charge in [0.05, 0.1) is 5.69 Å². The molecule has 0 aromatic carbocycles. The summed E-state index contributed by atoms with van der Waals surface area (Å²) in [5.41, 5.74) is 0.705. The Bertz CT molecular complexity index is 1140. The second kappa shape index (κ2) is 7.69. The van der Waals surface area contributed by atoms with Crippen LogP contribution in [0.3, 0.4) is 0 Å². The fourth-order valence-electron chi connectivity index (χ4n) is 6.68. The zero-order valence-corrected chi connectivity index (χ0v) is 20.1. The van der Waals surface area contributed by atoms with E-state index in [0.717, 1.165) is 82.7 Å². The van der Waals surface area contributed by atoms with Crippen molar-refractivity contribution in [3.8, 4) is 0 Å². The van der Waals surface area contributed by atoms with Crippen molar-refractivity contribution in [2.75, 3.05) is 39.3 Å². The second-order valence-electron chi connectivity index (χ2n) is 11.9. The summed E-state index contributed by atoms with van der Waals surface area (Å²) in [5.74, 6) is 1.95. The molecular weight excluding hydrogens is 475 g/mol. The number of carbonyl (C=O) groups is 1. The Labute approximate surface area is 206 Å². The van der Waals surface area contributed by atoms with E-state index in [1.165, 1.54) is 12.8 Å². The smallest absolute Gasteiger partial charge is 0.351 e. The van der Waals surface area contributed by atoms with Crippen molar-refractivity contribution in [2.45, 2.75) is 63.1 Å². The van der Waals surface area contributed by atoms with Crippen LogP contribution in [0.15, 0.2) is 10.6 Å². The highest BCUT2D eigenvalue weighted by atomic mass is 19.4. The number of hydrogen-bond donors (Lipinski definition) is 1. The lowest BCUT2D eigenvalue weighted by molar-refractivity contribution is -0.155. The van der Waals surface area contributed by atoms with Crippen molar-refractivity contribution in [3.05, 3.63) is 29.2 Å². The van der Waals surface area contributed by atoms with E-state index in [0.29, 0.717) is 24.1 Å². The first-order valence-corrected chi connectivity index (χ1v) is 12.9. The van der Waals surface area contributed by atoms with Crippen molar-refractivity contribution in [1.82, 2.24) is 35.0 Å². The molecule has 1 N–H and O–H groups in total. The van der Waals surface area contributed by atoms with E-state index < -0.39 is 11.9 Å². The van der Waals surface area contributed by atoms with Gasteiger partial charge in [-0.25, -0.2) is 9.78 Å². The molecule has 2 aliphatic carbocycles. The molecule has 194 valence electrons. The predicted molar refractivity (Wildman–Crippen MR) is 120 cm³/mol. The summed E-state index contributed by atoms with van der Waals surface area (Å²) in [4.78, 5) is 23.7. The quantitative estimate of drug-likeness (QED) is 0.683. The molecule has 36 heavy (non-hydrogen) atoms. The van der Waals surface area contributed by atoms with Crippen LogP contribution >= 0.6 is 0 Å². The molecule has 0 unspecified atom stereocenters. The van der Waals surface area contributed by atoms with E-state index in [1.807, 2.05) is 9.80 Å². The van der Waals surface area contributed by atoms with Gasteiger partial charge in [-0.2, -0.15) is 18.3 Å². The minimum atomic E-state index is -4.51. The van der Waals surface area contributed by atoms with E-state index >= 15 is 0 Å². The maximum atomic E-state index is 13.0. The maximum absolute atomic E-state index is 13.0. The molecule has 3 aliphatic heterocycles. The van der Waals surface area contributed by atoms with E-state index in [1.54, 1.807) is 0 Å². The van der Waals surface area contributed by atoms with Gasteiger partial charge in [0.1, 0.15) is 5.82 Å². The molecule has 2 saturated carbocycles. The number of H-pyrrole nitrogens is 1. The molecule has 5 aliphatic rings. The monoisotopic (exact) mass is 505 g/mol. The molecule has 9 nitrogen and oxygen atoms in total. The van der Waals surface area contributed by atoms with Crippen molar-refractivity contribution in [1.29, 1.82) is 0 Å². The average Bonchev–Trinajstić information content (AvgIpc) is 3.29. The lowest BCUT2D eigenvalue weighted by Crippen LogP contribution is -2.70. The predicted octanol–water partition coefficient (Wildman–Crippen LogP) is 3.59. The first-order chi connectivity index (χ1) is 17.2. The van der Waals surface area contributed by atoms with E-state index in [4.69, 9.17) is 4.98 Å². The van der Waals surface area contributed by atoms with Crippen molar-refractivity contribution in [3.63, 3.8) is 0 Å². The number of nitrogens with one attached hydrogen (secondary N) is 1. The molecule has 0 radical (unpaired) electrons. The molecule has 2 spiro atoms. The number of rotatable bonds is 4. The van der Waals surface area contributed by atoms with Gasteiger partial charge in [0, 0.05) is 61.5 Å². The van der Waals surface area contributed by atoms with Crippen LogP contribution in [0.1, 0.15) is 73.5 Å². The summed E-state index contributed by atoms with van der Waals surface area (Å²) in [6.45, 7) is 5.14. The zero-order chi connectivity index (χ0) is 24.7. The molecule has 0 bridgehead atoms. The Hall–Kier alpha value is -2.63. The average molecular weight is 506 g/mol. The Balaban J connectivity index is 0.843. The first kappa shape index (κ1) is 22.6. The fourth-order valence-corrected chi connectivity index (χ4v) is 6.68. The number of urea groups is 1. The highest BCUT2D eigenvalue weighted by Gasteiger charge is 2.57. The van der Waals surface area contributed by atoms with E-state index in [-0.39, 0.29) is 16.9 Å². The molecule has 3 saturated heterocycles. The number of amides is 2. The maximum Gasteiger partial charge on any atom is 0.452 e. The number of halogens is 3. The Morgan fingerprint density at radius 2 is 1.72 bits per heavy atom. The van der Waals surface area contributed by atoms with Gasteiger partial charge in [0.2, 0.25) is 5.76 Å². The Kier molecular flexibility index (Phi) is 4.82. The van der Waals surface area contributed by atoms with Crippen LogP contribution < -0.4 is 0 Å². The van der Waals surface area contributed by atoms with E-state index in [2.05, 4.69) is 24.8 Å². The fraction of sp³-hybridized carbons (Fsp3) is 0.750. The lowest BCUT2D eigenvalue weighted by Gasteiger charge is -2.61. The van der Waals surface area contributed by atoms with Crippen LogP contribution in [0.5, 0.6) is 0 Å². The summed E-state index contributed by atoms with van der Waals surface area (Å²) in [6.07, 6.45) is 1.92. The molecule has 5 heterocycles. The third kappa shape index (κ3) is 3.88. The van der Waals surface area contributed by atoms with Crippen LogP contribution in [-0.2, 0) is 12.7 Å². The summed E-state index contributed by atoms with van der Waals surface area (Å²) in [7, 11) is 0. The number of alkyl halides is 3. The zero-order valence-electron chi connectivity index (χ0n) is 20.1.